The third kappa shape index (κ3) is 3.51. The second kappa shape index (κ2) is 6.93. The molecule has 0 amide bonds. The van der Waals surface area contributed by atoms with Gasteiger partial charge in [0.15, 0.2) is 6.10 Å². The van der Waals surface area contributed by atoms with Gasteiger partial charge >= 0.3 is 5.97 Å². The van der Waals surface area contributed by atoms with Gasteiger partial charge in [-0.2, -0.15) is 0 Å². The monoisotopic (exact) mass is 386 g/mol. The van der Waals surface area contributed by atoms with Crippen molar-refractivity contribution in [3.63, 3.8) is 0 Å². The maximum atomic E-state index is 10.9. The van der Waals surface area contributed by atoms with Crippen LogP contribution in [0.25, 0.3) is 11.1 Å². The third-order valence-electron chi connectivity index (χ3n) is 3.58. The molecule has 5 heteroatoms. The molecule has 0 aliphatic heterocycles. The molecule has 0 spiro atoms. The number of benzene rings is 2. The number of hydrogen-bond donors (Lipinski definition) is 1. The number of ether oxygens (including phenoxy) is 1. The lowest BCUT2D eigenvalue weighted by atomic mass is 10.1. The van der Waals surface area contributed by atoms with Crippen LogP contribution in [-0.2, 0) is 0 Å². The van der Waals surface area contributed by atoms with Gasteiger partial charge in [0.25, 0.3) is 0 Å². The first-order valence-corrected chi connectivity index (χ1v) is 8.18. The van der Waals surface area contributed by atoms with E-state index in [9.17, 15) is 4.79 Å². The van der Waals surface area contributed by atoms with Crippen LogP contribution in [0.4, 0.5) is 0 Å². The Morgan fingerprint density at radius 1 is 1.08 bits per heavy atom. The minimum Gasteiger partial charge on any atom is -0.482 e. The number of rotatable bonds is 5. The fourth-order valence-electron chi connectivity index (χ4n) is 2.34. The first-order valence-electron chi connectivity index (χ1n) is 7.39. The molecule has 0 saturated carbocycles. The van der Waals surface area contributed by atoms with Crippen LogP contribution < -0.4 is 4.74 Å². The molecule has 4 nitrogen and oxygen atoms in total. The minimum absolute atomic E-state index is 0.0982. The van der Waals surface area contributed by atoms with E-state index in [1.54, 1.807) is 6.07 Å². The quantitative estimate of drug-likeness (QED) is 0.624. The molecule has 1 N–H and O–H groups in total. The van der Waals surface area contributed by atoms with E-state index in [1.165, 1.54) is 6.07 Å². The summed E-state index contributed by atoms with van der Waals surface area (Å²) in [5.74, 6) is -0.0670. The molecule has 3 rings (SSSR count). The van der Waals surface area contributed by atoms with Crippen molar-refractivity contribution in [3.05, 3.63) is 76.7 Å². The van der Waals surface area contributed by atoms with Gasteiger partial charge in [0.2, 0.25) is 5.76 Å². The molecule has 0 radical (unpaired) electrons. The normalized spacial score (nSPS) is 11.9. The average molecular weight is 387 g/mol. The van der Waals surface area contributed by atoms with E-state index in [1.807, 2.05) is 55.5 Å². The van der Waals surface area contributed by atoms with E-state index >= 15 is 0 Å². The van der Waals surface area contributed by atoms with Crippen molar-refractivity contribution in [3.8, 4) is 16.9 Å². The SMILES string of the molecule is CC(Oc1ccc(-c2ccccc2)cc1Br)c1ccc(C(=O)O)o1. The molecule has 1 unspecified atom stereocenters. The van der Waals surface area contributed by atoms with Gasteiger partial charge in [0, 0.05) is 0 Å². The van der Waals surface area contributed by atoms with E-state index in [-0.39, 0.29) is 5.76 Å². The highest BCUT2D eigenvalue weighted by molar-refractivity contribution is 9.10. The van der Waals surface area contributed by atoms with Gasteiger partial charge in [0.05, 0.1) is 4.47 Å². The molecule has 3 aromatic rings. The molecule has 0 fully saturated rings. The Labute approximate surface area is 147 Å². The van der Waals surface area contributed by atoms with Crippen LogP contribution >= 0.6 is 15.9 Å². The summed E-state index contributed by atoms with van der Waals surface area (Å²) in [6.45, 7) is 1.81. The number of hydrogen-bond acceptors (Lipinski definition) is 3. The van der Waals surface area contributed by atoms with E-state index < -0.39 is 12.1 Å². The maximum Gasteiger partial charge on any atom is 0.371 e. The summed E-state index contributed by atoms with van der Waals surface area (Å²) in [6.07, 6.45) is -0.406. The number of carboxylic acid groups (broad SMARTS) is 1. The van der Waals surface area contributed by atoms with Crippen LogP contribution in [0.15, 0.2) is 69.6 Å². The molecular weight excluding hydrogens is 372 g/mol. The molecular formula is C19H15BrO4. The van der Waals surface area contributed by atoms with Crippen LogP contribution in [-0.4, -0.2) is 11.1 Å². The average Bonchev–Trinajstić information content (AvgIpc) is 3.08. The Bertz CT molecular complexity index is 855. The van der Waals surface area contributed by atoms with Crippen molar-refractivity contribution in [2.45, 2.75) is 13.0 Å². The molecule has 1 aromatic heterocycles. The van der Waals surface area contributed by atoms with Gasteiger partial charge in [-0.05, 0) is 58.2 Å². The molecule has 1 heterocycles. The van der Waals surface area contributed by atoms with Gasteiger partial charge in [-0.15, -0.1) is 0 Å². The van der Waals surface area contributed by atoms with Crippen LogP contribution in [0.3, 0.4) is 0 Å². The smallest absolute Gasteiger partial charge is 0.371 e. The van der Waals surface area contributed by atoms with Crippen molar-refractivity contribution < 1.29 is 19.1 Å². The second-order valence-corrected chi connectivity index (χ2v) is 6.13. The van der Waals surface area contributed by atoms with Crippen molar-refractivity contribution in [1.29, 1.82) is 0 Å². The first kappa shape index (κ1) is 16.3. The lowest BCUT2D eigenvalue weighted by molar-refractivity contribution is 0.0655. The number of aromatic carboxylic acids is 1. The Morgan fingerprint density at radius 2 is 1.83 bits per heavy atom. The van der Waals surface area contributed by atoms with Crippen molar-refractivity contribution in [2.75, 3.05) is 0 Å². The van der Waals surface area contributed by atoms with Gasteiger partial charge in [-0.25, -0.2) is 4.79 Å². The topological polar surface area (TPSA) is 59.7 Å². The second-order valence-electron chi connectivity index (χ2n) is 5.28. The highest BCUT2D eigenvalue weighted by atomic mass is 79.9. The summed E-state index contributed by atoms with van der Waals surface area (Å²) in [6, 6.07) is 18.9. The number of carbonyl (C=O) groups is 1. The zero-order chi connectivity index (χ0) is 17.1. The van der Waals surface area contributed by atoms with Crippen LogP contribution in [0.2, 0.25) is 0 Å². The molecule has 1 atom stereocenters. The summed E-state index contributed by atoms with van der Waals surface area (Å²) >= 11 is 3.52. The molecule has 0 saturated heterocycles. The fraction of sp³-hybridized carbons (Fsp3) is 0.105. The van der Waals surface area contributed by atoms with Crippen LogP contribution in [0.5, 0.6) is 5.75 Å². The van der Waals surface area contributed by atoms with Crippen molar-refractivity contribution in [2.24, 2.45) is 0 Å². The molecule has 0 aliphatic rings. The largest absolute Gasteiger partial charge is 0.482 e. The summed E-state index contributed by atoms with van der Waals surface area (Å²) in [5.41, 5.74) is 2.20. The van der Waals surface area contributed by atoms with E-state index in [2.05, 4.69) is 15.9 Å². The minimum atomic E-state index is -1.10. The molecule has 122 valence electrons. The lowest BCUT2D eigenvalue weighted by Crippen LogP contribution is -2.02. The maximum absolute atomic E-state index is 10.9. The molecule has 24 heavy (non-hydrogen) atoms. The Kier molecular flexibility index (Phi) is 4.71. The fourth-order valence-corrected chi connectivity index (χ4v) is 2.81. The highest BCUT2D eigenvalue weighted by Crippen LogP contribution is 2.33. The summed E-state index contributed by atoms with van der Waals surface area (Å²) in [5, 5.41) is 8.91. The van der Waals surface area contributed by atoms with Gasteiger partial charge in [0.1, 0.15) is 11.5 Å². The predicted molar refractivity (Wildman–Crippen MR) is 94.3 cm³/mol. The number of furan rings is 1. The summed E-state index contributed by atoms with van der Waals surface area (Å²) < 4.78 is 12.0. The number of halogens is 1. The zero-order valence-corrected chi connectivity index (χ0v) is 14.5. The molecule has 0 bridgehead atoms. The molecule has 2 aromatic carbocycles. The van der Waals surface area contributed by atoms with Gasteiger partial charge in [-0.3, -0.25) is 0 Å². The Balaban J connectivity index is 1.78. The summed E-state index contributed by atoms with van der Waals surface area (Å²) in [7, 11) is 0. The van der Waals surface area contributed by atoms with Crippen LogP contribution in [0, 0.1) is 0 Å². The van der Waals surface area contributed by atoms with Crippen molar-refractivity contribution in [1.82, 2.24) is 0 Å². The van der Waals surface area contributed by atoms with E-state index in [4.69, 9.17) is 14.3 Å². The number of carboxylic acids is 1. The zero-order valence-electron chi connectivity index (χ0n) is 12.9. The Morgan fingerprint density at radius 3 is 2.46 bits per heavy atom. The van der Waals surface area contributed by atoms with Gasteiger partial charge in [-0.1, -0.05) is 36.4 Å². The Hall–Kier alpha value is -2.53. The highest BCUT2D eigenvalue weighted by Gasteiger charge is 2.16. The van der Waals surface area contributed by atoms with Crippen LogP contribution in [0.1, 0.15) is 29.3 Å². The van der Waals surface area contributed by atoms with Gasteiger partial charge < -0.3 is 14.3 Å². The van der Waals surface area contributed by atoms with Crippen molar-refractivity contribution >= 4 is 21.9 Å². The summed E-state index contributed by atoms with van der Waals surface area (Å²) in [4.78, 5) is 10.9. The third-order valence-corrected chi connectivity index (χ3v) is 4.20. The van der Waals surface area contributed by atoms with E-state index in [0.29, 0.717) is 11.5 Å². The predicted octanol–water partition coefficient (Wildman–Crippen LogP) is 5.55. The molecule has 0 aliphatic carbocycles. The lowest BCUT2D eigenvalue weighted by Gasteiger charge is -2.14. The standard InChI is InChI=1S/C19H15BrO4/c1-12(16-9-10-18(24-16)19(21)22)23-17-8-7-14(11-15(17)20)13-5-3-2-4-6-13/h2-12H,1H3,(H,21,22). The first-order chi connectivity index (χ1) is 11.5. The van der Waals surface area contributed by atoms with E-state index in [0.717, 1.165) is 15.6 Å².